The van der Waals surface area contributed by atoms with Crippen molar-refractivity contribution in [3.05, 3.63) is 69.6 Å². The minimum Gasteiger partial charge on any atom is -0.496 e. The Balaban J connectivity index is 1.77. The molecular weight excluding hydrogens is 336 g/mol. The SMILES string of the molecule is COc1ccc(OCc2coc(-c3ccc(C)cc3C)n2)c([N+](=O)[O-])c1. The summed E-state index contributed by atoms with van der Waals surface area (Å²) in [7, 11) is 1.45. The number of nitrogens with zero attached hydrogens (tertiary/aromatic N) is 2. The van der Waals surface area contributed by atoms with Crippen molar-refractivity contribution in [3.8, 4) is 23.0 Å². The first kappa shape index (κ1) is 17.5. The molecule has 26 heavy (non-hydrogen) atoms. The van der Waals surface area contributed by atoms with E-state index in [-0.39, 0.29) is 18.0 Å². The van der Waals surface area contributed by atoms with Gasteiger partial charge in [0.15, 0.2) is 5.75 Å². The fourth-order valence-corrected chi connectivity index (χ4v) is 2.59. The van der Waals surface area contributed by atoms with Gasteiger partial charge in [-0.05, 0) is 37.6 Å². The number of hydrogen-bond acceptors (Lipinski definition) is 6. The molecule has 0 unspecified atom stereocenters. The van der Waals surface area contributed by atoms with E-state index in [1.807, 2.05) is 26.0 Å². The molecular formula is C19H18N2O5. The summed E-state index contributed by atoms with van der Waals surface area (Å²) in [5.41, 5.74) is 3.50. The minimum atomic E-state index is -0.512. The van der Waals surface area contributed by atoms with Crippen LogP contribution in [0.3, 0.4) is 0 Å². The zero-order valence-electron chi connectivity index (χ0n) is 14.7. The lowest BCUT2D eigenvalue weighted by atomic mass is 10.1. The van der Waals surface area contributed by atoms with Crippen LogP contribution in [0.25, 0.3) is 11.5 Å². The van der Waals surface area contributed by atoms with Gasteiger partial charge in [0.25, 0.3) is 0 Å². The van der Waals surface area contributed by atoms with Crippen LogP contribution >= 0.6 is 0 Å². The van der Waals surface area contributed by atoms with E-state index in [4.69, 9.17) is 13.9 Å². The zero-order chi connectivity index (χ0) is 18.7. The Morgan fingerprint density at radius 3 is 2.69 bits per heavy atom. The van der Waals surface area contributed by atoms with Crippen molar-refractivity contribution in [2.45, 2.75) is 20.5 Å². The molecule has 0 atom stereocenters. The largest absolute Gasteiger partial charge is 0.496 e. The molecule has 0 radical (unpaired) electrons. The Morgan fingerprint density at radius 2 is 2.00 bits per heavy atom. The van der Waals surface area contributed by atoms with Crippen LogP contribution in [-0.4, -0.2) is 17.0 Å². The molecule has 1 heterocycles. The molecule has 7 nitrogen and oxygen atoms in total. The lowest BCUT2D eigenvalue weighted by molar-refractivity contribution is -0.386. The average molecular weight is 354 g/mol. The van der Waals surface area contributed by atoms with Crippen molar-refractivity contribution in [1.82, 2.24) is 4.98 Å². The average Bonchev–Trinajstić information content (AvgIpc) is 3.08. The van der Waals surface area contributed by atoms with Gasteiger partial charge in [0.05, 0.1) is 18.1 Å². The van der Waals surface area contributed by atoms with Crippen molar-refractivity contribution in [1.29, 1.82) is 0 Å². The Labute approximate surface area is 150 Å². The van der Waals surface area contributed by atoms with E-state index in [1.54, 1.807) is 6.07 Å². The van der Waals surface area contributed by atoms with E-state index in [9.17, 15) is 10.1 Å². The van der Waals surface area contributed by atoms with Crippen molar-refractivity contribution in [2.24, 2.45) is 0 Å². The minimum absolute atomic E-state index is 0.0571. The van der Waals surface area contributed by atoms with Gasteiger partial charge in [0.1, 0.15) is 24.3 Å². The molecule has 0 saturated carbocycles. The van der Waals surface area contributed by atoms with E-state index in [0.29, 0.717) is 17.3 Å². The molecule has 3 aromatic rings. The molecule has 0 N–H and O–H groups in total. The van der Waals surface area contributed by atoms with Crippen LogP contribution in [-0.2, 0) is 6.61 Å². The quantitative estimate of drug-likeness (QED) is 0.480. The monoisotopic (exact) mass is 354 g/mol. The molecule has 0 aliphatic rings. The number of hydrogen-bond donors (Lipinski definition) is 0. The summed E-state index contributed by atoms with van der Waals surface area (Å²) in [4.78, 5) is 15.1. The molecule has 0 amide bonds. The number of aryl methyl sites for hydroxylation is 2. The molecule has 0 bridgehead atoms. The maximum absolute atomic E-state index is 11.2. The molecule has 3 rings (SSSR count). The number of nitro benzene ring substituents is 1. The topological polar surface area (TPSA) is 87.6 Å². The number of rotatable bonds is 6. The smallest absolute Gasteiger partial charge is 0.314 e. The first-order valence-electron chi connectivity index (χ1n) is 7.95. The van der Waals surface area contributed by atoms with E-state index >= 15 is 0 Å². The van der Waals surface area contributed by atoms with Crippen LogP contribution in [0.2, 0.25) is 0 Å². The highest BCUT2D eigenvalue weighted by Gasteiger charge is 2.17. The van der Waals surface area contributed by atoms with Gasteiger partial charge in [0, 0.05) is 5.56 Å². The summed E-state index contributed by atoms with van der Waals surface area (Å²) in [5, 5.41) is 11.2. The van der Waals surface area contributed by atoms with Crippen LogP contribution in [0.15, 0.2) is 47.1 Å². The standard InChI is InChI=1S/C19H18N2O5/c1-12-4-6-16(13(2)8-12)19-20-14(11-26-19)10-25-18-7-5-15(24-3)9-17(18)21(22)23/h4-9,11H,10H2,1-3H3. The van der Waals surface area contributed by atoms with Gasteiger partial charge in [-0.25, -0.2) is 4.98 Å². The van der Waals surface area contributed by atoms with Crippen molar-refractivity contribution in [3.63, 3.8) is 0 Å². The first-order valence-corrected chi connectivity index (χ1v) is 7.95. The highest BCUT2D eigenvalue weighted by atomic mass is 16.6. The van der Waals surface area contributed by atoms with E-state index in [0.717, 1.165) is 16.7 Å². The van der Waals surface area contributed by atoms with Gasteiger partial charge >= 0.3 is 5.69 Å². The fraction of sp³-hybridized carbons (Fsp3) is 0.211. The predicted octanol–water partition coefficient (Wildman–Crippen LogP) is 4.45. The molecule has 0 saturated heterocycles. The third-order valence-electron chi connectivity index (χ3n) is 3.90. The normalized spacial score (nSPS) is 10.6. The molecule has 134 valence electrons. The van der Waals surface area contributed by atoms with Crippen LogP contribution in [0.1, 0.15) is 16.8 Å². The fourth-order valence-electron chi connectivity index (χ4n) is 2.59. The summed E-state index contributed by atoms with van der Waals surface area (Å²) in [5.74, 6) is 1.03. The summed E-state index contributed by atoms with van der Waals surface area (Å²) in [6.07, 6.45) is 1.49. The highest BCUT2D eigenvalue weighted by Crippen LogP contribution is 2.32. The van der Waals surface area contributed by atoms with Gasteiger partial charge in [-0.2, -0.15) is 0 Å². The summed E-state index contributed by atoms with van der Waals surface area (Å²) in [6.45, 7) is 4.07. The molecule has 0 aliphatic carbocycles. The number of methoxy groups -OCH3 is 1. The Hall–Kier alpha value is -3.35. The molecule has 1 aromatic heterocycles. The van der Waals surface area contributed by atoms with Crippen LogP contribution in [0, 0.1) is 24.0 Å². The summed E-state index contributed by atoms with van der Waals surface area (Å²) >= 11 is 0. The molecule has 7 heteroatoms. The maximum Gasteiger partial charge on any atom is 0.314 e. The number of aromatic nitrogens is 1. The lowest BCUT2D eigenvalue weighted by Crippen LogP contribution is -2.00. The number of nitro groups is 1. The Bertz CT molecular complexity index is 949. The van der Waals surface area contributed by atoms with Crippen LogP contribution < -0.4 is 9.47 Å². The third-order valence-corrected chi connectivity index (χ3v) is 3.90. The molecule has 0 aliphatic heterocycles. The second-order valence-corrected chi connectivity index (χ2v) is 5.84. The zero-order valence-corrected chi connectivity index (χ0v) is 14.7. The first-order chi connectivity index (χ1) is 12.5. The number of oxazole rings is 1. The van der Waals surface area contributed by atoms with Crippen LogP contribution in [0.5, 0.6) is 11.5 Å². The second kappa shape index (κ2) is 7.26. The molecule has 2 aromatic carbocycles. The van der Waals surface area contributed by atoms with Gasteiger partial charge in [-0.3, -0.25) is 10.1 Å². The molecule has 0 fully saturated rings. The van der Waals surface area contributed by atoms with Gasteiger partial charge in [0.2, 0.25) is 5.89 Å². The predicted molar refractivity (Wildman–Crippen MR) is 95.4 cm³/mol. The van der Waals surface area contributed by atoms with Gasteiger partial charge < -0.3 is 13.9 Å². The maximum atomic E-state index is 11.2. The summed E-state index contributed by atoms with van der Waals surface area (Å²) < 4.78 is 16.1. The van der Waals surface area contributed by atoms with Gasteiger partial charge in [-0.15, -0.1) is 0 Å². The Morgan fingerprint density at radius 1 is 1.19 bits per heavy atom. The third kappa shape index (κ3) is 3.66. The number of ether oxygens (including phenoxy) is 2. The second-order valence-electron chi connectivity index (χ2n) is 5.84. The summed E-state index contributed by atoms with van der Waals surface area (Å²) in [6, 6.07) is 10.4. The van der Waals surface area contributed by atoms with Crippen molar-refractivity contribution < 1.29 is 18.8 Å². The van der Waals surface area contributed by atoms with Crippen LogP contribution in [0.4, 0.5) is 5.69 Å². The highest BCUT2D eigenvalue weighted by molar-refractivity contribution is 5.59. The van der Waals surface area contributed by atoms with Crippen molar-refractivity contribution >= 4 is 5.69 Å². The number of benzene rings is 2. The van der Waals surface area contributed by atoms with Gasteiger partial charge in [-0.1, -0.05) is 17.7 Å². The van der Waals surface area contributed by atoms with E-state index in [2.05, 4.69) is 11.1 Å². The van der Waals surface area contributed by atoms with E-state index in [1.165, 1.54) is 25.5 Å². The lowest BCUT2D eigenvalue weighted by Gasteiger charge is -2.06. The molecule has 0 spiro atoms. The van der Waals surface area contributed by atoms with Crippen molar-refractivity contribution in [2.75, 3.05) is 7.11 Å². The van der Waals surface area contributed by atoms with E-state index < -0.39 is 4.92 Å². The Kier molecular flexibility index (Phi) is 4.88.